The van der Waals surface area contributed by atoms with Crippen LogP contribution in [0.5, 0.6) is 0 Å². The lowest BCUT2D eigenvalue weighted by Crippen LogP contribution is -2.10. The molecule has 2 aromatic rings. The van der Waals surface area contributed by atoms with Gasteiger partial charge in [-0.25, -0.2) is 8.78 Å². The number of benzene rings is 2. The van der Waals surface area contributed by atoms with Crippen molar-refractivity contribution in [1.82, 2.24) is 0 Å². The van der Waals surface area contributed by atoms with Gasteiger partial charge in [-0.15, -0.1) is 11.8 Å². The van der Waals surface area contributed by atoms with E-state index in [0.29, 0.717) is 5.02 Å². The number of hydrogen-bond acceptors (Lipinski definition) is 2. The van der Waals surface area contributed by atoms with E-state index in [1.165, 1.54) is 17.8 Å². The Balaban J connectivity index is 2.29. The van der Waals surface area contributed by atoms with Crippen LogP contribution in [0, 0.1) is 11.6 Å². The summed E-state index contributed by atoms with van der Waals surface area (Å²) >= 11 is 7.27. The Bertz CT molecular complexity index is 577. The average Bonchev–Trinajstić information content (AvgIpc) is 2.41. The molecule has 2 N–H and O–H groups in total. The highest BCUT2D eigenvalue weighted by molar-refractivity contribution is 7.99. The smallest absolute Gasteiger partial charge is 0.136 e. The molecule has 0 fully saturated rings. The van der Waals surface area contributed by atoms with Crippen LogP contribution in [-0.4, -0.2) is 6.54 Å². The van der Waals surface area contributed by atoms with Crippen molar-refractivity contribution >= 4 is 23.4 Å². The molecule has 1 nitrogen and oxygen atoms in total. The third-order valence-corrected chi connectivity index (χ3v) is 4.27. The first-order valence-corrected chi connectivity index (χ1v) is 6.93. The van der Waals surface area contributed by atoms with E-state index in [2.05, 4.69) is 0 Å². The lowest BCUT2D eigenvalue weighted by Gasteiger charge is -2.16. The molecule has 0 saturated heterocycles. The van der Waals surface area contributed by atoms with Crippen LogP contribution < -0.4 is 5.73 Å². The minimum Gasteiger partial charge on any atom is -0.329 e. The van der Waals surface area contributed by atoms with Gasteiger partial charge in [0.2, 0.25) is 0 Å². The molecule has 0 heterocycles. The zero-order valence-electron chi connectivity index (χ0n) is 9.95. The van der Waals surface area contributed by atoms with Crippen molar-refractivity contribution in [3.63, 3.8) is 0 Å². The lowest BCUT2D eigenvalue weighted by molar-refractivity contribution is 0.576. The Kier molecular flexibility index (Phi) is 4.80. The third kappa shape index (κ3) is 3.47. The lowest BCUT2D eigenvalue weighted by atomic mass is 10.1. The average molecular weight is 300 g/mol. The molecule has 0 amide bonds. The van der Waals surface area contributed by atoms with E-state index in [4.69, 9.17) is 17.3 Å². The van der Waals surface area contributed by atoms with Gasteiger partial charge in [-0.3, -0.25) is 0 Å². The quantitative estimate of drug-likeness (QED) is 0.846. The predicted octanol–water partition coefficient (Wildman–Crippen LogP) is 4.41. The highest BCUT2D eigenvalue weighted by Gasteiger charge is 2.16. The Morgan fingerprint density at radius 1 is 1.16 bits per heavy atom. The molecule has 0 aliphatic carbocycles. The van der Waals surface area contributed by atoms with Gasteiger partial charge < -0.3 is 5.73 Å². The molecule has 0 radical (unpaired) electrons. The second-order valence-electron chi connectivity index (χ2n) is 3.94. The molecule has 0 aliphatic rings. The summed E-state index contributed by atoms with van der Waals surface area (Å²) in [6.07, 6.45) is 0. The number of nitrogens with two attached hydrogens (primary N) is 1. The van der Waals surface area contributed by atoms with Crippen LogP contribution in [0.2, 0.25) is 5.02 Å². The molecule has 2 aromatic carbocycles. The number of rotatable bonds is 4. The summed E-state index contributed by atoms with van der Waals surface area (Å²) in [5.41, 5.74) is 6.53. The fourth-order valence-corrected chi connectivity index (χ4v) is 3.12. The van der Waals surface area contributed by atoms with Crippen LogP contribution in [0.1, 0.15) is 10.8 Å². The maximum absolute atomic E-state index is 13.6. The van der Waals surface area contributed by atoms with E-state index in [0.717, 1.165) is 17.7 Å². The number of hydrogen-bond donors (Lipinski definition) is 1. The SMILES string of the molecule is NCC(Sc1cc(F)ccc1F)c1ccccc1Cl. The van der Waals surface area contributed by atoms with Gasteiger partial charge in [-0.05, 0) is 29.8 Å². The molecule has 0 saturated carbocycles. The Labute approximate surface area is 119 Å². The van der Waals surface area contributed by atoms with Crippen molar-refractivity contribution in [2.24, 2.45) is 5.73 Å². The summed E-state index contributed by atoms with van der Waals surface area (Å²) in [5, 5.41) is 0.354. The Morgan fingerprint density at radius 2 is 1.89 bits per heavy atom. The van der Waals surface area contributed by atoms with E-state index in [1.54, 1.807) is 6.07 Å². The summed E-state index contributed by atoms with van der Waals surface area (Å²) in [7, 11) is 0. The summed E-state index contributed by atoms with van der Waals surface area (Å²) in [4.78, 5) is 0.232. The standard InChI is InChI=1S/C14H12ClF2NS/c15-11-4-2-1-3-10(11)14(8-18)19-13-7-9(16)5-6-12(13)17/h1-7,14H,8,18H2. The summed E-state index contributed by atoms with van der Waals surface area (Å²) in [6, 6.07) is 10.6. The summed E-state index contributed by atoms with van der Waals surface area (Å²) in [5.74, 6) is -0.935. The van der Waals surface area contributed by atoms with E-state index >= 15 is 0 Å². The fourth-order valence-electron chi connectivity index (χ4n) is 1.70. The maximum Gasteiger partial charge on any atom is 0.136 e. The third-order valence-electron chi connectivity index (χ3n) is 2.63. The molecule has 0 aromatic heterocycles. The molecule has 2 rings (SSSR count). The second-order valence-corrected chi connectivity index (χ2v) is 5.59. The van der Waals surface area contributed by atoms with Crippen molar-refractivity contribution < 1.29 is 8.78 Å². The van der Waals surface area contributed by atoms with Gasteiger partial charge in [0, 0.05) is 21.7 Å². The molecular weight excluding hydrogens is 288 g/mol. The van der Waals surface area contributed by atoms with E-state index < -0.39 is 11.6 Å². The minimum atomic E-state index is -0.473. The van der Waals surface area contributed by atoms with Gasteiger partial charge in [-0.1, -0.05) is 29.8 Å². The molecule has 100 valence electrons. The van der Waals surface area contributed by atoms with Crippen LogP contribution >= 0.6 is 23.4 Å². The predicted molar refractivity (Wildman–Crippen MR) is 75.5 cm³/mol. The minimum absolute atomic E-state index is 0.218. The molecule has 0 bridgehead atoms. The zero-order chi connectivity index (χ0) is 13.8. The van der Waals surface area contributed by atoms with Gasteiger partial charge in [0.25, 0.3) is 0 Å². The van der Waals surface area contributed by atoms with Gasteiger partial charge >= 0.3 is 0 Å². The summed E-state index contributed by atoms with van der Waals surface area (Å²) in [6.45, 7) is 0.282. The van der Waals surface area contributed by atoms with Crippen LogP contribution in [0.25, 0.3) is 0 Å². The normalized spacial score (nSPS) is 12.4. The van der Waals surface area contributed by atoms with E-state index in [9.17, 15) is 8.78 Å². The zero-order valence-corrected chi connectivity index (χ0v) is 11.5. The first-order chi connectivity index (χ1) is 9.11. The first kappa shape index (κ1) is 14.3. The van der Waals surface area contributed by atoms with Crippen LogP contribution in [0.4, 0.5) is 8.78 Å². The molecule has 5 heteroatoms. The van der Waals surface area contributed by atoms with Crippen LogP contribution in [-0.2, 0) is 0 Å². The summed E-state index contributed by atoms with van der Waals surface area (Å²) < 4.78 is 26.8. The van der Waals surface area contributed by atoms with E-state index in [-0.39, 0.29) is 16.7 Å². The molecule has 0 spiro atoms. The number of halogens is 3. The maximum atomic E-state index is 13.6. The largest absolute Gasteiger partial charge is 0.329 e. The van der Waals surface area contributed by atoms with Crippen LogP contribution in [0.3, 0.4) is 0 Å². The van der Waals surface area contributed by atoms with Gasteiger partial charge in [0.15, 0.2) is 0 Å². The molecule has 1 unspecified atom stereocenters. The highest BCUT2D eigenvalue weighted by atomic mass is 35.5. The van der Waals surface area contributed by atoms with Crippen molar-refractivity contribution in [3.05, 3.63) is 64.7 Å². The van der Waals surface area contributed by atoms with Crippen molar-refractivity contribution in [1.29, 1.82) is 0 Å². The Morgan fingerprint density at radius 3 is 2.58 bits per heavy atom. The van der Waals surface area contributed by atoms with Crippen molar-refractivity contribution in [2.75, 3.05) is 6.54 Å². The van der Waals surface area contributed by atoms with Gasteiger partial charge in [0.1, 0.15) is 11.6 Å². The molecule has 19 heavy (non-hydrogen) atoms. The highest BCUT2D eigenvalue weighted by Crippen LogP contribution is 2.38. The monoisotopic (exact) mass is 299 g/mol. The van der Waals surface area contributed by atoms with Gasteiger partial charge in [0.05, 0.1) is 0 Å². The number of thioether (sulfide) groups is 1. The topological polar surface area (TPSA) is 26.0 Å². The Hall–Kier alpha value is -1.10. The fraction of sp³-hybridized carbons (Fsp3) is 0.143. The molecule has 1 atom stereocenters. The molecule has 0 aliphatic heterocycles. The second kappa shape index (κ2) is 6.37. The first-order valence-electron chi connectivity index (χ1n) is 5.68. The van der Waals surface area contributed by atoms with E-state index in [1.807, 2.05) is 18.2 Å². The van der Waals surface area contributed by atoms with Crippen molar-refractivity contribution in [3.8, 4) is 0 Å². The van der Waals surface area contributed by atoms with Crippen molar-refractivity contribution in [2.45, 2.75) is 10.1 Å². The van der Waals surface area contributed by atoms with Crippen LogP contribution in [0.15, 0.2) is 47.4 Å². The van der Waals surface area contributed by atoms with Gasteiger partial charge in [-0.2, -0.15) is 0 Å². The molecular formula is C14H12ClF2NS.